The van der Waals surface area contributed by atoms with Crippen molar-refractivity contribution < 1.29 is 4.79 Å². The van der Waals surface area contributed by atoms with E-state index in [1.54, 1.807) is 0 Å². The summed E-state index contributed by atoms with van der Waals surface area (Å²) in [5.74, 6) is -0.0599. The summed E-state index contributed by atoms with van der Waals surface area (Å²) in [6, 6.07) is 1.85. The number of hydrogen-bond acceptors (Lipinski definition) is 6. The van der Waals surface area contributed by atoms with Crippen molar-refractivity contribution in [2.75, 3.05) is 19.6 Å². The molecule has 1 amide bonds. The lowest BCUT2D eigenvalue weighted by Gasteiger charge is -2.34. The number of nitrogens with zero attached hydrogens (tertiary/aromatic N) is 4. The van der Waals surface area contributed by atoms with Gasteiger partial charge in [-0.05, 0) is 53.2 Å². The van der Waals surface area contributed by atoms with Crippen LogP contribution in [0.3, 0.4) is 0 Å². The van der Waals surface area contributed by atoms with Crippen LogP contribution >= 0.6 is 11.3 Å². The topological polar surface area (TPSA) is 84.7 Å². The number of carbonyl (C=O) groups is 1. The molecule has 1 aliphatic heterocycles. The lowest BCUT2D eigenvalue weighted by molar-refractivity contribution is 0.0926. The monoisotopic (exact) mass is 306 g/mol. The molecule has 3 heterocycles. The Labute approximate surface area is 126 Å². The molecule has 0 saturated carbocycles. The first-order valence-corrected chi connectivity index (χ1v) is 7.86. The number of hydrogen-bond donors (Lipinski definition) is 2. The predicted octanol–water partition coefficient (Wildman–Crippen LogP) is 0.843. The SMILES string of the molecule is CC1(CNC(=O)c2sccc2-n2cnnn2)CCNCC1. The lowest BCUT2D eigenvalue weighted by Crippen LogP contribution is -2.42. The average molecular weight is 306 g/mol. The molecule has 0 unspecified atom stereocenters. The van der Waals surface area contributed by atoms with Gasteiger partial charge in [0.1, 0.15) is 11.2 Å². The molecule has 2 aromatic heterocycles. The van der Waals surface area contributed by atoms with Crippen molar-refractivity contribution in [3.63, 3.8) is 0 Å². The summed E-state index contributed by atoms with van der Waals surface area (Å²) in [5, 5.41) is 19.3. The minimum absolute atomic E-state index is 0.0599. The van der Waals surface area contributed by atoms with E-state index in [2.05, 4.69) is 33.1 Å². The Kier molecular flexibility index (Phi) is 3.98. The molecule has 1 aliphatic rings. The standard InChI is InChI=1S/C13H18N6OS/c1-13(3-5-14-6-4-13)8-15-12(20)11-10(2-7-21-11)19-9-16-17-18-19/h2,7,9,14H,3-6,8H2,1H3,(H,15,20). The van der Waals surface area contributed by atoms with Crippen LogP contribution in [-0.4, -0.2) is 45.7 Å². The third-order valence-electron chi connectivity index (χ3n) is 3.93. The van der Waals surface area contributed by atoms with E-state index in [1.807, 2.05) is 11.4 Å². The first-order valence-electron chi connectivity index (χ1n) is 6.98. The molecule has 7 nitrogen and oxygen atoms in total. The van der Waals surface area contributed by atoms with E-state index in [9.17, 15) is 4.79 Å². The Morgan fingerprint density at radius 3 is 3.05 bits per heavy atom. The molecule has 0 spiro atoms. The number of amides is 1. The third kappa shape index (κ3) is 3.11. The van der Waals surface area contributed by atoms with Gasteiger partial charge in [0, 0.05) is 6.54 Å². The Bertz CT molecular complexity index is 602. The minimum Gasteiger partial charge on any atom is -0.351 e. The fourth-order valence-electron chi connectivity index (χ4n) is 2.51. The zero-order chi connectivity index (χ0) is 14.7. The second-order valence-electron chi connectivity index (χ2n) is 5.63. The molecule has 112 valence electrons. The molecule has 0 aromatic carbocycles. The van der Waals surface area contributed by atoms with Gasteiger partial charge in [0.25, 0.3) is 5.91 Å². The summed E-state index contributed by atoms with van der Waals surface area (Å²) in [6.07, 6.45) is 3.65. The Morgan fingerprint density at radius 2 is 2.33 bits per heavy atom. The van der Waals surface area contributed by atoms with Crippen LogP contribution in [0.15, 0.2) is 17.8 Å². The maximum atomic E-state index is 12.4. The van der Waals surface area contributed by atoms with Gasteiger partial charge >= 0.3 is 0 Å². The maximum absolute atomic E-state index is 12.4. The molecule has 3 rings (SSSR count). The van der Waals surface area contributed by atoms with Crippen molar-refractivity contribution in [1.29, 1.82) is 0 Å². The van der Waals surface area contributed by atoms with Crippen molar-refractivity contribution in [1.82, 2.24) is 30.8 Å². The lowest BCUT2D eigenvalue weighted by atomic mass is 9.81. The molecule has 0 atom stereocenters. The van der Waals surface area contributed by atoms with Gasteiger partial charge in [-0.2, -0.15) is 4.68 Å². The average Bonchev–Trinajstić information content (AvgIpc) is 3.16. The Morgan fingerprint density at radius 1 is 1.52 bits per heavy atom. The molecule has 8 heteroatoms. The normalized spacial score (nSPS) is 17.6. The van der Waals surface area contributed by atoms with Gasteiger partial charge in [0.05, 0.1) is 5.69 Å². The van der Waals surface area contributed by atoms with E-state index in [1.165, 1.54) is 22.3 Å². The second kappa shape index (κ2) is 5.90. The molecule has 2 aromatic rings. The summed E-state index contributed by atoms with van der Waals surface area (Å²) < 4.78 is 1.51. The van der Waals surface area contributed by atoms with Gasteiger partial charge in [-0.1, -0.05) is 6.92 Å². The van der Waals surface area contributed by atoms with Crippen LogP contribution in [0.25, 0.3) is 5.69 Å². The van der Waals surface area contributed by atoms with Gasteiger partial charge in [0.2, 0.25) is 0 Å². The molecule has 1 saturated heterocycles. The van der Waals surface area contributed by atoms with E-state index < -0.39 is 0 Å². The molecule has 2 N–H and O–H groups in total. The van der Waals surface area contributed by atoms with E-state index in [4.69, 9.17) is 0 Å². The number of nitrogens with one attached hydrogen (secondary N) is 2. The first kappa shape index (κ1) is 14.2. The fourth-order valence-corrected chi connectivity index (χ4v) is 3.30. The summed E-state index contributed by atoms with van der Waals surface area (Å²) in [6.45, 7) is 4.95. The fraction of sp³-hybridized carbons (Fsp3) is 0.538. The second-order valence-corrected chi connectivity index (χ2v) is 6.55. The van der Waals surface area contributed by atoms with Crippen LogP contribution in [0.4, 0.5) is 0 Å². The summed E-state index contributed by atoms with van der Waals surface area (Å²) in [7, 11) is 0. The zero-order valence-electron chi connectivity index (χ0n) is 11.9. The van der Waals surface area contributed by atoms with E-state index in [0.29, 0.717) is 11.4 Å². The summed E-state index contributed by atoms with van der Waals surface area (Å²) >= 11 is 1.40. The van der Waals surface area contributed by atoms with Crippen LogP contribution < -0.4 is 10.6 Å². The number of carbonyl (C=O) groups excluding carboxylic acids is 1. The van der Waals surface area contributed by atoms with Gasteiger partial charge in [-0.25, -0.2) is 0 Å². The number of aromatic nitrogens is 4. The van der Waals surface area contributed by atoms with Crippen molar-refractivity contribution in [3.05, 3.63) is 22.7 Å². The molecule has 0 radical (unpaired) electrons. The summed E-state index contributed by atoms with van der Waals surface area (Å²) in [4.78, 5) is 13.0. The van der Waals surface area contributed by atoms with Gasteiger partial charge in [0.15, 0.2) is 0 Å². The quantitative estimate of drug-likeness (QED) is 0.874. The molecular weight excluding hydrogens is 288 g/mol. The molecule has 0 aliphatic carbocycles. The van der Waals surface area contributed by atoms with Crippen LogP contribution in [0, 0.1) is 5.41 Å². The third-order valence-corrected chi connectivity index (χ3v) is 4.84. The molecule has 1 fully saturated rings. The van der Waals surface area contributed by atoms with Crippen LogP contribution in [-0.2, 0) is 0 Å². The smallest absolute Gasteiger partial charge is 0.263 e. The maximum Gasteiger partial charge on any atom is 0.263 e. The number of rotatable bonds is 4. The Hall–Kier alpha value is -1.80. The number of piperidine rings is 1. The minimum atomic E-state index is -0.0599. The molecule has 0 bridgehead atoms. The summed E-state index contributed by atoms with van der Waals surface area (Å²) in [5.41, 5.74) is 0.894. The molecular formula is C13H18N6OS. The van der Waals surface area contributed by atoms with Gasteiger partial charge in [-0.15, -0.1) is 16.4 Å². The number of tetrazole rings is 1. The van der Waals surface area contributed by atoms with Gasteiger partial charge in [-0.3, -0.25) is 4.79 Å². The zero-order valence-corrected chi connectivity index (χ0v) is 12.7. The highest BCUT2D eigenvalue weighted by Crippen LogP contribution is 2.27. The highest BCUT2D eigenvalue weighted by Gasteiger charge is 2.27. The van der Waals surface area contributed by atoms with Crippen LogP contribution in [0.1, 0.15) is 29.4 Å². The van der Waals surface area contributed by atoms with E-state index >= 15 is 0 Å². The van der Waals surface area contributed by atoms with Gasteiger partial charge < -0.3 is 10.6 Å². The van der Waals surface area contributed by atoms with E-state index in [-0.39, 0.29) is 11.3 Å². The molecule has 21 heavy (non-hydrogen) atoms. The highest BCUT2D eigenvalue weighted by molar-refractivity contribution is 7.12. The van der Waals surface area contributed by atoms with Crippen molar-refractivity contribution in [2.24, 2.45) is 5.41 Å². The Balaban J connectivity index is 1.68. The largest absolute Gasteiger partial charge is 0.351 e. The van der Waals surface area contributed by atoms with Crippen molar-refractivity contribution in [3.8, 4) is 5.69 Å². The van der Waals surface area contributed by atoms with E-state index in [0.717, 1.165) is 31.6 Å². The first-order chi connectivity index (χ1) is 10.2. The van der Waals surface area contributed by atoms with Crippen LogP contribution in [0.5, 0.6) is 0 Å². The van der Waals surface area contributed by atoms with Crippen molar-refractivity contribution in [2.45, 2.75) is 19.8 Å². The van der Waals surface area contributed by atoms with Crippen molar-refractivity contribution >= 4 is 17.2 Å². The van der Waals surface area contributed by atoms with Crippen LogP contribution in [0.2, 0.25) is 0 Å². The number of thiophene rings is 1. The highest BCUT2D eigenvalue weighted by atomic mass is 32.1. The predicted molar refractivity (Wildman–Crippen MR) is 79.6 cm³/mol.